The third-order valence-electron chi connectivity index (χ3n) is 4.34. The summed E-state index contributed by atoms with van der Waals surface area (Å²) in [5.41, 5.74) is 0. The largest absolute Gasteiger partial charge is 0.381 e. The van der Waals surface area contributed by atoms with Gasteiger partial charge in [-0.25, -0.2) is 8.78 Å². The van der Waals surface area contributed by atoms with Gasteiger partial charge >= 0.3 is 0 Å². The first-order valence-corrected chi connectivity index (χ1v) is 7.02. The van der Waals surface area contributed by atoms with E-state index in [2.05, 4.69) is 6.92 Å². The third kappa shape index (κ3) is 3.08. The number of rotatable bonds is 5. The second kappa shape index (κ2) is 5.64. The molecule has 2 rings (SSSR count). The van der Waals surface area contributed by atoms with Gasteiger partial charge in [0.1, 0.15) is 5.78 Å². The van der Waals surface area contributed by atoms with E-state index < -0.39 is 5.92 Å². The van der Waals surface area contributed by atoms with Gasteiger partial charge in [-0.1, -0.05) is 13.3 Å². The molecule has 2 nitrogen and oxygen atoms in total. The fourth-order valence-corrected chi connectivity index (χ4v) is 3.33. The topological polar surface area (TPSA) is 26.3 Å². The molecule has 0 aromatic rings. The maximum Gasteiger partial charge on any atom is 0.248 e. The Balaban J connectivity index is 1.87. The molecule has 2 saturated carbocycles. The summed E-state index contributed by atoms with van der Waals surface area (Å²) in [6.45, 7) is 3.20. The van der Waals surface area contributed by atoms with Crippen molar-refractivity contribution in [2.24, 2.45) is 17.8 Å². The first-order valence-electron chi connectivity index (χ1n) is 7.02. The van der Waals surface area contributed by atoms with Crippen LogP contribution < -0.4 is 0 Å². The van der Waals surface area contributed by atoms with Crippen LogP contribution in [0.2, 0.25) is 0 Å². The molecule has 0 aliphatic heterocycles. The number of carbonyl (C=O) groups is 1. The standard InChI is InChI=1S/C14H22F2O2/c1-2-3-6-18-9-12-11-4-5-14(15,16)8-10(11)7-13(12)17/h10-12H,2-9H2,1H3/t10-,11-,12+/m1/s1. The smallest absolute Gasteiger partial charge is 0.248 e. The number of fused-ring (bicyclic) bond motifs is 1. The third-order valence-corrected chi connectivity index (χ3v) is 4.34. The predicted molar refractivity (Wildman–Crippen MR) is 64.6 cm³/mol. The number of carbonyl (C=O) groups excluding carboxylic acids is 1. The molecular formula is C14H22F2O2. The van der Waals surface area contributed by atoms with E-state index >= 15 is 0 Å². The van der Waals surface area contributed by atoms with Crippen molar-refractivity contribution in [1.29, 1.82) is 0 Å². The van der Waals surface area contributed by atoms with Gasteiger partial charge in [0.15, 0.2) is 0 Å². The number of ketones is 1. The molecule has 18 heavy (non-hydrogen) atoms. The summed E-state index contributed by atoms with van der Waals surface area (Å²) in [4.78, 5) is 11.9. The number of alkyl halides is 2. The van der Waals surface area contributed by atoms with Gasteiger partial charge in [0.2, 0.25) is 5.92 Å². The van der Waals surface area contributed by atoms with Crippen molar-refractivity contribution in [3.63, 3.8) is 0 Å². The first-order chi connectivity index (χ1) is 8.53. The van der Waals surface area contributed by atoms with Crippen LogP contribution in [0.5, 0.6) is 0 Å². The highest BCUT2D eigenvalue weighted by molar-refractivity contribution is 5.84. The molecule has 0 bridgehead atoms. The molecular weight excluding hydrogens is 238 g/mol. The number of halogens is 2. The van der Waals surface area contributed by atoms with Crippen LogP contribution in [0.4, 0.5) is 8.78 Å². The van der Waals surface area contributed by atoms with Gasteiger partial charge < -0.3 is 4.74 Å². The van der Waals surface area contributed by atoms with E-state index in [9.17, 15) is 13.6 Å². The molecule has 0 aromatic heterocycles. The van der Waals surface area contributed by atoms with E-state index in [0.29, 0.717) is 26.1 Å². The van der Waals surface area contributed by atoms with Gasteiger partial charge in [-0.15, -0.1) is 0 Å². The van der Waals surface area contributed by atoms with Gasteiger partial charge in [-0.05, 0) is 24.7 Å². The van der Waals surface area contributed by atoms with Crippen molar-refractivity contribution in [1.82, 2.24) is 0 Å². The van der Waals surface area contributed by atoms with Crippen LogP contribution >= 0.6 is 0 Å². The lowest BCUT2D eigenvalue weighted by Gasteiger charge is -2.33. The summed E-state index contributed by atoms with van der Waals surface area (Å²) in [6.07, 6.45) is 2.71. The summed E-state index contributed by atoms with van der Waals surface area (Å²) in [7, 11) is 0. The highest BCUT2D eigenvalue weighted by Gasteiger charge is 2.50. The molecule has 0 amide bonds. The van der Waals surface area contributed by atoms with Gasteiger partial charge in [0.25, 0.3) is 0 Å². The highest BCUT2D eigenvalue weighted by atomic mass is 19.3. The molecule has 2 fully saturated rings. The molecule has 2 aliphatic carbocycles. The fourth-order valence-electron chi connectivity index (χ4n) is 3.33. The Morgan fingerprint density at radius 2 is 2.22 bits per heavy atom. The van der Waals surface area contributed by atoms with Crippen LogP contribution in [0.1, 0.15) is 45.4 Å². The normalized spacial score (nSPS) is 34.6. The monoisotopic (exact) mass is 260 g/mol. The quantitative estimate of drug-likeness (QED) is 0.708. The van der Waals surface area contributed by atoms with Crippen LogP contribution in [0, 0.1) is 17.8 Å². The minimum Gasteiger partial charge on any atom is -0.381 e. The van der Waals surface area contributed by atoms with Crippen LogP contribution in [-0.2, 0) is 9.53 Å². The van der Waals surface area contributed by atoms with Crippen molar-refractivity contribution in [2.45, 2.75) is 51.4 Å². The molecule has 2 aliphatic rings. The van der Waals surface area contributed by atoms with E-state index in [-0.39, 0.29) is 36.4 Å². The molecule has 0 N–H and O–H groups in total. The van der Waals surface area contributed by atoms with Gasteiger partial charge in [0.05, 0.1) is 6.61 Å². The second-order valence-electron chi connectivity index (χ2n) is 5.73. The predicted octanol–water partition coefficient (Wildman–Crippen LogP) is 3.44. The van der Waals surface area contributed by atoms with Crippen LogP contribution in [0.25, 0.3) is 0 Å². The van der Waals surface area contributed by atoms with Crippen molar-refractivity contribution >= 4 is 5.78 Å². The molecule has 0 radical (unpaired) electrons. The van der Waals surface area contributed by atoms with E-state index in [1.807, 2.05) is 0 Å². The lowest BCUT2D eigenvalue weighted by atomic mass is 9.76. The second-order valence-corrected chi connectivity index (χ2v) is 5.73. The van der Waals surface area contributed by atoms with Crippen LogP contribution in [-0.4, -0.2) is 24.9 Å². The molecule has 4 heteroatoms. The number of hydrogen-bond acceptors (Lipinski definition) is 2. The minimum atomic E-state index is -2.56. The van der Waals surface area contributed by atoms with Crippen LogP contribution in [0.3, 0.4) is 0 Å². The Hall–Kier alpha value is -0.510. The average molecular weight is 260 g/mol. The van der Waals surface area contributed by atoms with Crippen molar-refractivity contribution < 1.29 is 18.3 Å². The van der Waals surface area contributed by atoms with Crippen molar-refractivity contribution in [2.75, 3.05) is 13.2 Å². The Morgan fingerprint density at radius 1 is 1.44 bits per heavy atom. The molecule has 3 atom stereocenters. The molecule has 0 aromatic carbocycles. The number of hydrogen-bond donors (Lipinski definition) is 0. The average Bonchev–Trinajstić information content (AvgIpc) is 2.58. The van der Waals surface area contributed by atoms with Crippen molar-refractivity contribution in [3.8, 4) is 0 Å². The zero-order valence-corrected chi connectivity index (χ0v) is 11.0. The summed E-state index contributed by atoms with van der Waals surface area (Å²) >= 11 is 0. The van der Waals surface area contributed by atoms with Crippen LogP contribution in [0.15, 0.2) is 0 Å². The minimum absolute atomic E-state index is 0.0626. The van der Waals surface area contributed by atoms with Crippen molar-refractivity contribution in [3.05, 3.63) is 0 Å². The molecule has 0 spiro atoms. The Morgan fingerprint density at radius 3 is 2.94 bits per heavy atom. The summed E-state index contributed by atoms with van der Waals surface area (Å²) in [6, 6.07) is 0. The summed E-state index contributed by atoms with van der Waals surface area (Å²) < 4.78 is 32.1. The highest BCUT2D eigenvalue weighted by Crippen LogP contribution is 2.49. The Kier molecular flexibility index (Phi) is 4.36. The molecule has 0 unspecified atom stereocenters. The molecule has 0 heterocycles. The zero-order valence-electron chi connectivity index (χ0n) is 11.0. The molecule has 104 valence electrons. The lowest BCUT2D eigenvalue weighted by molar-refractivity contribution is -0.123. The number of unbranched alkanes of at least 4 members (excludes halogenated alkanes) is 1. The number of ether oxygens (including phenoxy) is 1. The first kappa shape index (κ1) is 13.9. The fraction of sp³-hybridized carbons (Fsp3) is 0.929. The summed E-state index contributed by atoms with van der Waals surface area (Å²) in [5, 5.41) is 0. The van der Waals surface area contributed by atoms with E-state index in [4.69, 9.17) is 4.74 Å². The van der Waals surface area contributed by atoms with Gasteiger partial charge in [-0.3, -0.25) is 4.79 Å². The molecule has 0 saturated heterocycles. The Labute approximate surface area is 107 Å². The number of Topliss-reactive ketones (excluding diaryl/α,β-unsaturated/α-hetero) is 1. The lowest BCUT2D eigenvalue weighted by Crippen LogP contribution is -2.33. The van der Waals surface area contributed by atoms with Gasteiger partial charge in [-0.2, -0.15) is 0 Å². The zero-order chi connectivity index (χ0) is 13.2. The Bertz CT molecular complexity index is 304. The van der Waals surface area contributed by atoms with E-state index in [1.165, 1.54) is 0 Å². The maximum absolute atomic E-state index is 13.3. The van der Waals surface area contributed by atoms with E-state index in [1.54, 1.807) is 0 Å². The van der Waals surface area contributed by atoms with Gasteiger partial charge in [0, 0.05) is 31.8 Å². The SMILES string of the molecule is CCCCOC[C@@H]1C(=O)C[C@@H]2CC(F)(F)CC[C@H]21. The van der Waals surface area contributed by atoms with E-state index in [0.717, 1.165) is 12.8 Å². The summed E-state index contributed by atoms with van der Waals surface area (Å²) in [5.74, 6) is -2.51. The maximum atomic E-state index is 13.3.